The summed E-state index contributed by atoms with van der Waals surface area (Å²) in [6.45, 7) is 8.17. The Balaban J connectivity index is 3.04. The molecule has 0 spiro atoms. The zero-order valence-electron chi connectivity index (χ0n) is 14.0. The molecular formula is C17H31N3O. The molecule has 0 saturated heterocycles. The van der Waals surface area contributed by atoms with Gasteiger partial charge in [-0.1, -0.05) is 26.8 Å². The van der Waals surface area contributed by atoms with Gasteiger partial charge in [0.25, 0.3) is 0 Å². The summed E-state index contributed by atoms with van der Waals surface area (Å²) in [6, 6.07) is 4.84. The molecule has 1 unspecified atom stereocenters. The number of anilines is 1. The Morgan fingerprint density at radius 3 is 2.52 bits per heavy atom. The maximum Gasteiger partial charge on any atom is 0.132 e. The van der Waals surface area contributed by atoms with E-state index in [1.165, 1.54) is 5.56 Å². The minimum atomic E-state index is 0.193. The molecule has 1 aromatic heterocycles. The van der Waals surface area contributed by atoms with Crippen LogP contribution < -0.4 is 10.6 Å². The summed E-state index contributed by atoms with van der Waals surface area (Å²) in [5.41, 5.74) is 7.39. The molecule has 0 aliphatic carbocycles. The Hall–Kier alpha value is -1.13. The van der Waals surface area contributed by atoms with Crippen LogP contribution in [-0.2, 0) is 11.2 Å². The van der Waals surface area contributed by atoms with Crippen molar-refractivity contribution in [1.82, 2.24) is 4.98 Å². The average molecular weight is 293 g/mol. The van der Waals surface area contributed by atoms with Gasteiger partial charge in [-0.2, -0.15) is 0 Å². The molecule has 2 N–H and O–H groups in total. The molecule has 0 radical (unpaired) electrons. The van der Waals surface area contributed by atoms with Crippen LogP contribution in [0.15, 0.2) is 18.3 Å². The highest BCUT2D eigenvalue weighted by molar-refractivity contribution is 5.48. The van der Waals surface area contributed by atoms with E-state index >= 15 is 0 Å². The second-order valence-electron chi connectivity index (χ2n) is 5.52. The normalized spacial score (nSPS) is 12.7. The number of hydrogen-bond acceptors (Lipinski definition) is 4. The number of ether oxygens (including phenoxy) is 1. The van der Waals surface area contributed by atoms with Gasteiger partial charge in [-0.05, 0) is 37.3 Å². The Morgan fingerprint density at radius 2 is 1.95 bits per heavy atom. The summed E-state index contributed by atoms with van der Waals surface area (Å²) < 4.78 is 5.28. The Morgan fingerprint density at radius 1 is 1.24 bits per heavy atom. The lowest BCUT2D eigenvalue weighted by atomic mass is 10.0. The van der Waals surface area contributed by atoms with Gasteiger partial charge in [0.2, 0.25) is 0 Å². The Labute approximate surface area is 129 Å². The third-order valence-corrected chi connectivity index (χ3v) is 4.07. The first kappa shape index (κ1) is 17.9. The molecule has 0 saturated carbocycles. The molecule has 4 nitrogen and oxygen atoms in total. The van der Waals surface area contributed by atoms with Crippen molar-refractivity contribution >= 4 is 5.82 Å². The van der Waals surface area contributed by atoms with Gasteiger partial charge in [0.1, 0.15) is 5.82 Å². The van der Waals surface area contributed by atoms with E-state index in [-0.39, 0.29) is 6.04 Å². The summed E-state index contributed by atoms with van der Waals surface area (Å²) in [4.78, 5) is 7.04. The number of hydrogen-bond donors (Lipinski definition) is 1. The standard InChI is InChI=1S/C17H31N3O/c1-5-15(18)13-14-9-8-10-19-17(14)20(11-12-21-4)16(6-2)7-3/h8-10,15-16H,5-7,11-13,18H2,1-4H3. The number of rotatable bonds is 10. The van der Waals surface area contributed by atoms with E-state index < -0.39 is 0 Å². The maximum atomic E-state index is 6.14. The Bertz CT molecular complexity index is 393. The Kier molecular flexibility index (Phi) is 8.31. The minimum Gasteiger partial charge on any atom is -0.383 e. The van der Waals surface area contributed by atoms with Crippen molar-refractivity contribution in [2.75, 3.05) is 25.2 Å². The van der Waals surface area contributed by atoms with Crippen molar-refractivity contribution in [3.8, 4) is 0 Å². The highest BCUT2D eigenvalue weighted by atomic mass is 16.5. The van der Waals surface area contributed by atoms with Crippen LogP contribution in [-0.4, -0.2) is 37.3 Å². The molecule has 1 rings (SSSR count). The second kappa shape index (κ2) is 9.74. The summed E-state index contributed by atoms with van der Waals surface area (Å²) in [7, 11) is 1.75. The van der Waals surface area contributed by atoms with Gasteiger partial charge < -0.3 is 15.4 Å². The highest BCUT2D eigenvalue weighted by Gasteiger charge is 2.20. The molecule has 0 amide bonds. The maximum absolute atomic E-state index is 6.14. The molecule has 1 atom stereocenters. The molecule has 0 aliphatic heterocycles. The van der Waals surface area contributed by atoms with Crippen LogP contribution in [0.5, 0.6) is 0 Å². The molecule has 0 aromatic carbocycles. The van der Waals surface area contributed by atoms with E-state index in [0.29, 0.717) is 12.6 Å². The minimum absolute atomic E-state index is 0.193. The largest absolute Gasteiger partial charge is 0.383 e. The molecule has 1 heterocycles. The van der Waals surface area contributed by atoms with Crippen LogP contribution in [0.4, 0.5) is 5.82 Å². The second-order valence-corrected chi connectivity index (χ2v) is 5.52. The lowest BCUT2D eigenvalue weighted by Crippen LogP contribution is -2.38. The molecule has 4 heteroatoms. The zero-order valence-corrected chi connectivity index (χ0v) is 14.0. The fraction of sp³-hybridized carbons (Fsp3) is 0.706. The van der Waals surface area contributed by atoms with Gasteiger partial charge in [-0.3, -0.25) is 0 Å². The quantitative estimate of drug-likeness (QED) is 0.720. The van der Waals surface area contributed by atoms with E-state index in [1.54, 1.807) is 7.11 Å². The monoisotopic (exact) mass is 293 g/mol. The topological polar surface area (TPSA) is 51.4 Å². The summed E-state index contributed by atoms with van der Waals surface area (Å²) in [5, 5.41) is 0. The molecule has 21 heavy (non-hydrogen) atoms. The number of methoxy groups -OCH3 is 1. The predicted molar refractivity (Wildman–Crippen MR) is 89.8 cm³/mol. The molecule has 0 bridgehead atoms. The van der Waals surface area contributed by atoms with Crippen molar-refractivity contribution in [2.24, 2.45) is 5.73 Å². The summed E-state index contributed by atoms with van der Waals surface area (Å²) >= 11 is 0. The number of pyridine rings is 1. The van der Waals surface area contributed by atoms with E-state index in [4.69, 9.17) is 10.5 Å². The third-order valence-electron chi connectivity index (χ3n) is 4.07. The fourth-order valence-electron chi connectivity index (χ4n) is 2.66. The number of nitrogens with zero attached hydrogens (tertiary/aromatic N) is 2. The van der Waals surface area contributed by atoms with Crippen molar-refractivity contribution in [2.45, 2.75) is 58.5 Å². The first-order chi connectivity index (χ1) is 10.2. The first-order valence-corrected chi connectivity index (χ1v) is 8.12. The van der Waals surface area contributed by atoms with Crippen molar-refractivity contribution in [3.05, 3.63) is 23.9 Å². The van der Waals surface area contributed by atoms with Gasteiger partial charge in [0.15, 0.2) is 0 Å². The molecule has 1 aromatic rings. The number of nitrogens with two attached hydrogens (primary N) is 1. The van der Waals surface area contributed by atoms with Crippen LogP contribution in [0, 0.1) is 0 Å². The van der Waals surface area contributed by atoms with Crippen LogP contribution in [0.1, 0.15) is 45.6 Å². The SMILES string of the molecule is CCC(N)Cc1cccnc1N(CCOC)C(CC)CC. The van der Waals surface area contributed by atoms with Crippen LogP contribution >= 0.6 is 0 Å². The summed E-state index contributed by atoms with van der Waals surface area (Å²) in [5.74, 6) is 1.08. The van der Waals surface area contributed by atoms with Crippen molar-refractivity contribution in [1.29, 1.82) is 0 Å². The summed E-state index contributed by atoms with van der Waals surface area (Å²) in [6.07, 6.45) is 5.95. The van der Waals surface area contributed by atoms with Gasteiger partial charge in [0, 0.05) is 31.9 Å². The lowest BCUT2D eigenvalue weighted by molar-refractivity contribution is 0.202. The average Bonchev–Trinajstić information content (AvgIpc) is 2.52. The molecular weight excluding hydrogens is 262 g/mol. The van der Waals surface area contributed by atoms with Crippen molar-refractivity contribution in [3.63, 3.8) is 0 Å². The van der Waals surface area contributed by atoms with Crippen LogP contribution in [0.25, 0.3) is 0 Å². The van der Waals surface area contributed by atoms with Crippen LogP contribution in [0.2, 0.25) is 0 Å². The van der Waals surface area contributed by atoms with E-state index in [1.807, 2.05) is 12.3 Å². The predicted octanol–water partition coefficient (Wildman–Crippen LogP) is 3.00. The van der Waals surface area contributed by atoms with Gasteiger partial charge >= 0.3 is 0 Å². The molecule has 0 aliphatic rings. The first-order valence-electron chi connectivity index (χ1n) is 8.12. The number of aromatic nitrogens is 1. The highest BCUT2D eigenvalue weighted by Crippen LogP contribution is 2.23. The van der Waals surface area contributed by atoms with Gasteiger partial charge in [-0.15, -0.1) is 0 Å². The third kappa shape index (κ3) is 5.29. The van der Waals surface area contributed by atoms with Crippen molar-refractivity contribution < 1.29 is 4.74 Å². The smallest absolute Gasteiger partial charge is 0.132 e. The van der Waals surface area contributed by atoms with Gasteiger partial charge in [0.05, 0.1) is 6.61 Å². The van der Waals surface area contributed by atoms with E-state index in [9.17, 15) is 0 Å². The zero-order chi connectivity index (χ0) is 15.7. The fourth-order valence-corrected chi connectivity index (χ4v) is 2.66. The lowest BCUT2D eigenvalue weighted by Gasteiger charge is -2.33. The molecule has 0 fully saturated rings. The van der Waals surface area contributed by atoms with Crippen LogP contribution in [0.3, 0.4) is 0 Å². The van der Waals surface area contributed by atoms with E-state index in [0.717, 1.165) is 38.0 Å². The van der Waals surface area contributed by atoms with Gasteiger partial charge in [-0.25, -0.2) is 4.98 Å². The van der Waals surface area contributed by atoms with E-state index in [2.05, 4.69) is 36.7 Å². The molecule has 120 valence electrons.